The van der Waals surface area contributed by atoms with Crippen molar-refractivity contribution in [2.75, 3.05) is 5.73 Å². The zero-order chi connectivity index (χ0) is 13.4. The number of benzene rings is 2. The molecular weight excluding hydrogens is 238 g/mol. The summed E-state index contributed by atoms with van der Waals surface area (Å²) in [5.74, 6) is 0.657. The van der Waals surface area contributed by atoms with Gasteiger partial charge < -0.3 is 15.9 Å². The minimum Gasteiger partial charge on any atom is -0.441 e. The molecule has 1 unspecified atom stereocenters. The number of nitrogens with zero attached hydrogens (tertiary/aromatic N) is 1. The maximum absolute atomic E-state index is 6.27. The molecule has 0 aliphatic heterocycles. The number of aryl methyl sites for hydroxylation is 1. The van der Waals surface area contributed by atoms with Crippen LogP contribution in [0.1, 0.15) is 23.1 Å². The highest BCUT2D eigenvalue weighted by Gasteiger charge is 2.11. The molecule has 1 aromatic heterocycles. The third kappa shape index (κ3) is 2.18. The first kappa shape index (κ1) is 11.7. The number of hydrogen-bond donors (Lipinski definition) is 2. The van der Waals surface area contributed by atoms with Crippen molar-refractivity contribution >= 4 is 16.8 Å². The lowest BCUT2D eigenvalue weighted by atomic mass is 9.99. The normalized spacial score (nSPS) is 12.7. The summed E-state index contributed by atoms with van der Waals surface area (Å²) in [7, 11) is 0. The summed E-state index contributed by atoms with van der Waals surface area (Å²) in [6.07, 6.45) is 0. The van der Waals surface area contributed by atoms with Crippen LogP contribution in [-0.4, -0.2) is 4.98 Å². The van der Waals surface area contributed by atoms with Crippen molar-refractivity contribution in [2.24, 2.45) is 5.73 Å². The summed E-state index contributed by atoms with van der Waals surface area (Å²) in [5.41, 5.74) is 16.3. The Morgan fingerprint density at radius 2 is 1.89 bits per heavy atom. The average molecular weight is 253 g/mol. The van der Waals surface area contributed by atoms with Crippen LogP contribution < -0.4 is 11.5 Å². The van der Waals surface area contributed by atoms with Crippen LogP contribution in [0.4, 0.5) is 5.69 Å². The highest BCUT2D eigenvalue weighted by molar-refractivity contribution is 5.73. The zero-order valence-corrected chi connectivity index (χ0v) is 10.6. The lowest BCUT2D eigenvalue weighted by Crippen LogP contribution is -2.11. The Balaban J connectivity index is 2.03. The number of oxazole rings is 1. The quantitative estimate of drug-likeness (QED) is 0.688. The fraction of sp³-hybridized carbons (Fsp3) is 0.133. The van der Waals surface area contributed by atoms with E-state index in [1.807, 2.05) is 49.4 Å². The van der Waals surface area contributed by atoms with E-state index in [2.05, 4.69) is 4.98 Å². The largest absolute Gasteiger partial charge is 0.441 e. The number of aromatic nitrogens is 1. The lowest BCUT2D eigenvalue weighted by Gasteiger charge is -2.12. The van der Waals surface area contributed by atoms with Crippen molar-refractivity contribution in [1.29, 1.82) is 0 Å². The second kappa shape index (κ2) is 4.40. The van der Waals surface area contributed by atoms with Gasteiger partial charge in [-0.3, -0.25) is 0 Å². The van der Waals surface area contributed by atoms with E-state index in [4.69, 9.17) is 15.9 Å². The standard InChI is InChI=1S/C15H15N3O/c1-9-18-13-6-5-11(8-14(13)19-9)15(17)10-3-2-4-12(16)7-10/h2-8,15H,16-17H2,1H3. The summed E-state index contributed by atoms with van der Waals surface area (Å²) < 4.78 is 5.53. The highest BCUT2D eigenvalue weighted by Crippen LogP contribution is 2.25. The maximum Gasteiger partial charge on any atom is 0.192 e. The van der Waals surface area contributed by atoms with Crippen molar-refractivity contribution in [2.45, 2.75) is 13.0 Å². The number of fused-ring (bicyclic) bond motifs is 1. The maximum atomic E-state index is 6.27. The first-order chi connectivity index (χ1) is 9.13. The van der Waals surface area contributed by atoms with Crippen LogP contribution in [0.2, 0.25) is 0 Å². The predicted molar refractivity (Wildman–Crippen MR) is 75.6 cm³/mol. The molecule has 0 fully saturated rings. The molecule has 3 rings (SSSR count). The Morgan fingerprint density at radius 3 is 2.68 bits per heavy atom. The first-order valence-corrected chi connectivity index (χ1v) is 6.11. The van der Waals surface area contributed by atoms with Crippen LogP contribution in [0, 0.1) is 6.92 Å². The highest BCUT2D eigenvalue weighted by atomic mass is 16.3. The van der Waals surface area contributed by atoms with Crippen molar-refractivity contribution < 1.29 is 4.42 Å². The number of hydrogen-bond acceptors (Lipinski definition) is 4. The molecule has 1 heterocycles. The molecule has 3 aromatic rings. The van der Waals surface area contributed by atoms with Gasteiger partial charge in [0.2, 0.25) is 0 Å². The first-order valence-electron chi connectivity index (χ1n) is 6.11. The Bertz CT molecular complexity index is 733. The SMILES string of the molecule is Cc1nc2ccc(C(N)c3cccc(N)c3)cc2o1. The number of rotatable bonds is 2. The van der Waals surface area contributed by atoms with Gasteiger partial charge in [0.05, 0.1) is 6.04 Å². The molecule has 19 heavy (non-hydrogen) atoms. The van der Waals surface area contributed by atoms with Crippen molar-refractivity contribution in [1.82, 2.24) is 4.98 Å². The van der Waals surface area contributed by atoms with Gasteiger partial charge in [-0.2, -0.15) is 0 Å². The van der Waals surface area contributed by atoms with Crippen LogP contribution >= 0.6 is 0 Å². The molecule has 4 nitrogen and oxygen atoms in total. The van der Waals surface area contributed by atoms with E-state index in [1.165, 1.54) is 0 Å². The molecular formula is C15H15N3O. The summed E-state index contributed by atoms with van der Waals surface area (Å²) >= 11 is 0. The smallest absolute Gasteiger partial charge is 0.192 e. The summed E-state index contributed by atoms with van der Waals surface area (Å²) in [4.78, 5) is 4.27. The number of anilines is 1. The van der Waals surface area contributed by atoms with Gasteiger partial charge in [0, 0.05) is 12.6 Å². The van der Waals surface area contributed by atoms with Crippen LogP contribution in [-0.2, 0) is 0 Å². The number of nitrogens with two attached hydrogens (primary N) is 2. The average Bonchev–Trinajstić information content (AvgIpc) is 2.76. The van der Waals surface area contributed by atoms with E-state index in [1.54, 1.807) is 0 Å². The molecule has 0 radical (unpaired) electrons. The van der Waals surface area contributed by atoms with Crippen LogP contribution in [0.5, 0.6) is 0 Å². The molecule has 4 N–H and O–H groups in total. The Morgan fingerprint density at radius 1 is 1.11 bits per heavy atom. The van der Waals surface area contributed by atoms with E-state index < -0.39 is 0 Å². The Kier molecular flexibility index (Phi) is 2.72. The molecule has 0 aliphatic rings. The Hall–Kier alpha value is -2.33. The minimum absolute atomic E-state index is 0.224. The number of nitrogen functional groups attached to an aromatic ring is 1. The summed E-state index contributed by atoms with van der Waals surface area (Å²) in [5, 5.41) is 0. The molecule has 0 aliphatic carbocycles. The third-order valence-electron chi connectivity index (χ3n) is 3.15. The van der Waals surface area contributed by atoms with E-state index in [0.29, 0.717) is 11.6 Å². The zero-order valence-electron chi connectivity index (χ0n) is 10.6. The van der Waals surface area contributed by atoms with E-state index >= 15 is 0 Å². The minimum atomic E-state index is -0.224. The van der Waals surface area contributed by atoms with Gasteiger partial charge in [-0.25, -0.2) is 4.98 Å². The van der Waals surface area contributed by atoms with Gasteiger partial charge in [-0.15, -0.1) is 0 Å². The lowest BCUT2D eigenvalue weighted by molar-refractivity contribution is 0.560. The molecule has 0 spiro atoms. The molecule has 1 atom stereocenters. The molecule has 0 amide bonds. The molecule has 96 valence electrons. The van der Waals surface area contributed by atoms with Gasteiger partial charge in [0.25, 0.3) is 0 Å². The van der Waals surface area contributed by atoms with Gasteiger partial charge >= 0.3 is 0 Å². The van der Waals surface area contributed by atoms with Crippen LogP contribution in [0.15, 0.2) is 46.9 Å². The fourth-order valence-corrected chi connectivity index (χ4v) is 2.19. The van der Waals surface area contributed by atoms with Gasteiger partial charge in [0.15, 0.2) is 11.5 Å². The fourth-order valence-electron chi connectivity index (χ4n) is 2.19. The summed E-state index contributed by atoms with van der Waals surface area (Å²) in [6, 6.07) is 13.2. The van der Waals surface area contributed by atoms with Crippen molar-refractivity contribution in [3.8, 4) is 0 Å². The van der Waals surface area contributed by atoms with Gasteiger partial charge in [-0.1, -0.05) is 18.2 Å². The van der Waals surface area contributed by atoms with E-state index in [9.17, 15) is 0 Å². The molecule has 0 saturated carbocycles. The second-order valence-electron chi connectivity index (χ2n) is 4.61. The van der Waals surface area contributed by atoms with Crippen LogP contribution in [0.25, 0.3) is 11.1 Å². The van der Waals surface area contributed by atoms with E-state index in [0.717, 1.165) is 22.2 Å². The molecule has 2 aromatic carbocycles. The second-order valence-corrected chi connectivity index (χ2v) is 4.61. The van der Waals surface area contributed by atoms with Crippen LogP contribution in [0.3, 0.4) is 0 Å². The van der Waals surface area contributed by atoms with Gasteiger partial charge in [0.1, 0.15) is 5.52 Å². The Labute approximate surface area is 111 Å². The van der Waals surface area contributed by atoms with Crippen molar-refractivity contribution in [3.05, 3.63) is 59.5 Å². The topological polar surface area (TPSA) is 78.1 Å². The molecule has 4 heteroatoms. The van der Waals surface area contributed by atoms with E-state index in [-0.39, 0.29) is 6.04 Å². The third-order valence-corrected chi connectivity index (χ3v) is 3.15. The molecule has 0 saturated heterocycles. The predicted octanol–water partition coefficient (Wildman–Crippen LogP) is 2.77. The summed E-state index contributed by atoms with van der Waals surface area (Å²) in [6.45, 7) is 1.83. The monoisotopic (exact) mass is 253 g/mol. The van der Waals surface area contributed by atoms with Gasteiger partial charge in [-0.05, 0) is 35.4 Å². The van der Waals surface area contributed by atoms with Crippen molar-refractivity contribution in [3.63, 3.8) is 0 Å². The molecule has 0 bridgehead atoms.